The highest BCUT2D eigenvalue weighted by atomic mass is 32.2. The van der Waals surface area contributed by atoms with Crippen molar-refractivity contribution in [3.63, 3.8) is 0 Å². The van der Waals surface area contributed by atoms with Crippen molar-refractivity contribution in [2.75, 3.05) is 29.5 Å². The van der Waals surface area contributed by atoms with Gasteiger partial charge >= 0.3 is 5.97 Å². The molecule has 1 aliphatic rings. The van der Waals surface area contributed by atoms with Gasteiger partial charge in [0.2, 0.25) is 34.8 Å². The second kappa shape index (κ2) is 7.48. The Labute approximate surface area is 149 Å². The molecule has 0 atom stereocenters. The van der Waals surface area contributed by atoms with Crippen LogP contribution in [0.2, 0.25) is 0 Å². The van der Waals surface area contributed by atoms with E-state index in [2.05, 4.69) is 9.72 Å². The van der Waals surface area contributed by atoms with E-state index in [0.29, 0.717) is 18.9 Å². The average Bonchev–Trinajstić information content (AvgIpc) is 2.69. The lowest BCUT2D eigenvalue weighted by atomic mass is 10.2. The smallest absolute Gasteiger partial charge is 0.343 e. The number of halogens is 5. The van der Waals surface area contributed by atoms with Gasteiger partial charge < -0.3 is 9.64 Å². The number of pyridine rings is 1. The number of hydrogen-bond donors (Lipinski definition) is 0. The van der Waals surface area contributed by atoms with E-state index in [4.69, 9.17) is 0 Å². The number of hydrogen-bond acceptors (Lipinski definition) is 5. The van der Waals surface area contributed by atoms with Gasteiger partial charge in [0, 0.05) is 30.8 Å². The molecule has 0 unspecified atom stereocenters. The molecule has 2 heterocycles. The first-order chi connectivity index (χ1) is 12.4. The van der Waals surface area contributed by atoms with Crippen molar-refractivity contribution < 1.29 is 31.5 Å². The van der Waals surface area contributed by atoms with E-state index >= 15 is 0 Å². The molecule has 0 spiro atoms. The molecular weight excluding hydrogens is 379 g/mol. The third-order valence-electron chi connectivity index (χ3n) is 3.68. The van der Waals surface area contributed by atoms with E-state index in [1.54, 1.807) is 11.8 Å². The van der Waals surface area contributed by atoms with Crippen LogP contribution in [0, 0.1) is 29.1 Å². The van der Waals surface area contributed by atoms with Gasteiger partial charge in [-0.2, -0.15) is 20.5 Å². The van der Waals surface area contributed by atoms with Gasteiger partial charge in [0.15, 0.2) is 0 Å². The molecule has 0 amide bonds. The second-order valence-electron chi connectivity index (χ2n) is 5.29. The van der Waals surface area contributed by atoms with E-state index in [-0.39, 0.29) is 5.56 Å². The van der Waals surface area contributed by atoms with Crippen LogP contribution in [0.15, 0.2) is 18.3 Å². The van der Waals surface area contributed by atoms with Crippen LogP contribution >= 0.6 is 11.8 Å². The fourth-order valence-corrected chi connectivity index (χ4v) is 3.24. The van der Waals surface area contributed by atoms with Gasteiger partial charge in [-0.15, -0.1) is 0 Å². The predicted octanol–water partition coefficient (Wildman–Crippen LogP) is 3.55. The van der Waals surface area contributed by atoms with Crippen LogP contribution in [0.4, 0.5) is 27.8 Å². The summed E-state index contributed by atoms with van der Waals surface area (Å²) < 4.78 is 71.1. The molecule has 10 heteroatoms. The summed E-state index contributed by atoms with van der Waals surface area (Å²) >= 11 is 1.77. The van der Waals surface area contributed by atoms with Crippen molar-refractivity contribution in [3.8, 4) is 5.75 Å². The van der Waals surface area contributed by atoms with Crippen molar-refractivity contribution in [1.82, 2.24) is 4.98 Å². The molecule has 0 radical (unpaired) electrons. The minimum absolute atomic E-state index is 0.128. The Bertz CT molecular complexity index is 830. The van der Waals surface area contributed by atoms with Crippen LogP contribution in [0.1, 0.15) is 10.4 Å². The van der Waals surface area contributed by atoms with Gasteiger partial charge in [-0.3, -0.25) is 0 Å². The Morgan fingerprint density at radius 1 is 1.00 bits per heavy atom. The van der Waals surface area contributed by atoms with E-state index in [1.165, 1.54) is 18.3 Å². The number of carbonyl (C=O) groups is 1. The molecule has 1 fully saturated rings. The number of aromatic nitrogens is 1. The van der Waals surface area contributed by atoms with Gasteiger partial charge in [0.1, 0.15) is 5.82 Å². The maximum atomic E-state index is 13.6. The highest BCUT2D eigenvalue weighted by molar-refractivity contribution is 7.99. The summed E-state index contributed by atoms with van der Waals surface area (Å²) in [5, 5.41) is 0. The summed E-state index contributed by atoms with van der Waals surface area (Å²) in [4.78, 5) is 18.1. The molecule has 1 aromatic heterocycles. The third kappa shape index (κ3) is 3.46. The Balaban J connectivity index is 1.87. The van der Waals surface area contributed by atoms with Gasteiger partial charge in [-0.1, -0.05) is 0 Å². The molecule has 1 aromatic carbocycles. The maximum Gasteiger partial charge on any atom is 0.343 e. The number of esters is 1. The van der Waals surface area contributed by atoms with Crippen molar-refractivity contribution in [2.45, 2.75) is 0 Å². The highest BCUT2D eigenvalue weighted by Gasteiger charge is 2.29. The van der Waals surface area contributed by atoms with E-state index in [1.807, 2.05) is 4.90 Å². The summed E-state index contributed by atoms with van der Waals surface area (Å²) in [6, 6.07) is 2.56. The zero-order valence-electron chi connectivity index (χ0n) is 13.1. The fraction of sp³-hybridized carbons (Fsp3) is 0.250. The molecule has 0 bridgehead atoms. The largest absolute Gasteiger partial charge is 0.416 e. The Kier molecular flexibility index (Phi) is 5.30. The predicted molar refractivity (Wildman–Crippen MR) is 85.0 cm³/mol. The summed E-state index contributed by atoms with van der Waals surface area (Å²) in [5.41, 5.74) is -0.128. The molecular formula is C16H11F5N2O2S. The summed E-state index contributed by atoms with van der Waals surface area (Å²) in [7, 11) is 0. The Morgan fingerprint density at radius 2 is 1.58 bits per heavy atom. The quantitative estimate of drug-likeness (QED) is 0.264. The molecule has 26 heavy (non-hydrogen) atoms. The topological polar surface area (TPSA) is 42.4 Å². The van der Waals surface area contributed by atoms with Gasteiger partial charge in [-0.05, 0) is 12.1 Å². The Hall–Kier alpha value is -2.36. The third-order valence-corrected chi connectivity index (χ3v) is 4.62. The molecule has 0 aliphatic carbocycles. The monoisotopic (exact) mass is 390 g/mol. The SMILES string of the molecule is O=C(Oc1c(F)c(F)c(F)c(F)c1F)c1ccnc(N2CCSCC2)c1. The number of rotatable bonds is 3. The molecule has 1 aliphatic heterocycles. The lowest BCUT2D eigenvalue weighted by molar-refractivity contribution is 0.0716. The van der Waals surface area contributed by atoms with Crippen LogP contribution < -0.4 is 9.64 Å². The number of nitrogens with zero attached hydrogens (tertiary/aromatic N) is 2. The summed E-state index contributed by atoms with van der Waals surface area (Å²) in [6.45, 7) is 1.40. The highest BCUT2D eigenvalue weighted by Crippen LogP contribution is 2.30. The van der Waals surface area contributed by atoms with Crippen LogP contribution in [-0.2, 0) is 0 Å². The molecule has 2 aromatic rings. The van der Waals surface area contributed by atoms with Gasteiger partial charge in [0.25, 0.3) is 0 Å². The normalized spacial score (nSPS) is 14.4. The number of benzene rings is 1. The van der Waals surface area contributed by atoms with E-state index in [9.17, 15) is 26.7 Å². The number of carbonyl (C=O) groups excluding carboxylic acids is 1. The standard InChI is InChI=1S/C16H11F5N2O2S/c17-10-11(18)13(20)15(14(21)12(10)19)25-16(24)8-1-2-22-9(7-8)23-3-5-26-6-4-23/h1-2,7H,3-6H2. The molecule has 4 nitrogen and oxygen atoms in total. The summed E-state index contributed by atoms with van der Waals surface area (Å²) in [6.07, 6.45) is 1.30. The van der Waals surface area contributed by atoms with Crippen molar-refractivity contribution in [2.24, 2.45) is 0 Å². The zero-order valence-corrected chi connectivity index (χ0v) is 13.9. The van der Waals surface area contributed by atoms with Crippen molar-refractivity contribution in [3.05, 3.63) is 53.0 Å². The molecule has 0 saturated carbocycles. The Morgan fingerprint density at radius 3 is 2.19 bits per heavy atom. The molecule has 138 valence electrons. The molecule has 3 rings (SSSR count). The van der Waals surface area contributed by atoms with Crippen LogP contribution in [0.25, 0.3) is 0 Å². The molecule has 0 N–H and O–H groups in total. The second-order valence-corrected chi connectivity index (χ2v) is 6.52. The van der Waals surface area contributed by atoms with E-state index < -0.39 is 40.8 Å². The van der Waals surface area contributed by atoms with Crippen LogP contribution in [0.5, 0.6) is 5.75 Å². The van der Waals surface area contributed by atoms with Crippen LogP contribution in [0.3, 0.4) is 0 Å². The number of anilines is 1. The lowest BCUT2D eigenvalue weighted by Gasteiger charge is -2.27. The number of ether oxygens (including phenoxy) is 1. The maximum absolute atomic E-state index is 13.6. The minimum atomic E-state index is -2.33. The first kappa shape index (κ1) is 18.4. The first-order valence-corrected chi connectivity index (χ1v) is 8.58. The zero-order chi connectivity index (χ0) is 18.8. The van der Waals surface area contributed by atoms with Crippen molar-refractivity contribution in [1.29, 1.82) is 0 Å². The van der Waals surface area contributed by atoms with Crippen molar-refractivity contribution >= 4 is 23.5 Å². The minimum Gasteiger partial charge on any atom is -0.416 e. The lowest BCUT2D eigenvalue weighted by Crippen LogP contribution is -2.33. The van der Waals surface area contributed by atoms with Gasteiger partial charge in [-0.25, -0.2) is 22.9 Å². The average molecular weight is 390 g/mol. The first-order valence-electron chi connectivity index (χ1n) is 7.42. The van der Waals surface area contributed by atoms with E-state index in [0.717, 1.165) is 11.5 Å². The van der Waals surface area contributed by atoms with Crippen LogP contribution in [-0.4, -0.2) is 35.5 Å². The summed E-state index contributed by atoms with van der Waals surface area (Å²) in [5.74, 6) is -11.8. The van der Waals surface area contributed by atoms with Gasteiger partial charge in [0.05, 0.1) is 5.56 Å². The fourth-order valence-electron chi connectivity index (χ4n) is 2.34. The number of thioether (sulfide) groups is 1. The molecule has 1 saturated heterocycles.